The third-order valence-corrected chi connectivity index (χ3v) is 5.20. The van der Waals surface area contributed by atoms with Gasteiger partial charge >= 0.3 is 0 Å². The molecule has 0 aromatic rings. The third-order valence-electron chi connectivity index (χ3n) is 5.20. The molecule has 0 amide bonds. The van der Waals surface area contributed by atoms with Crippen molar-refractivity contribution in [3.8, 4) is 0 Å². The van der Waals surface area contributed by atoms with Crippen LogP contribution in [-0.4, -0.2) is 12.7 Å². The zero-order chi connectivity index (χ0) is 10.4. The molecule has 0 aliphatic heterocycles. The molecule has 3 saturated carbocycles. The molecule has 3 rings (SSSR count). The van der Waals surface area contributed by atoms with Crippen LogP contribution in [0.1, 0.15) is 59.3 Å². The summed E-state index contributed by atoms with van der Waals surface area (Å²) in [5, 5.41) is 0. The topological polar surface area (TPSA) is 9.23 Å². The van der Waals surface area contributed by atoms with E-state index in [0.717, 1.165) is 0 Å². The Morgan fingerprint density at radius 2 is 1.29 bits per heavy atom. The molecule has 3 aliphatic rings. The van der Waals surface area contributed by atoms with Gasteiger partial charge in [0.05, 0.1) is 5.60 Å². The predicted molar refractivity (Wildman–Crippen MR) is 59.3 cm³/mol. The Hall–Kier alpha value is -0.0400. The van der Waals surface area contributed by atoms with Crippen molar-refractivity contribution in [1.29, 1.82) is 0 Å². The second-order valence-electron chi connectivity index (χ2n) is 6.42. The lowest BCUT2D eigenvalue weighted by Gasteiger charge is -2.58. The van der Waals surface area contributed by atoms with Crippen LogP contribution in [0.5, 0.6) is 0 Å². The number of rotatable bonds is 1. The van der Waals surface area contributed by atoms with E-state index in [9.17, 15) is 0 Å². The molecule has 0 atom stereocenters. The molecule has 1 heteroatoms. The molecule has 0 aromatic heterocycles. The Kier molecular flexibility index (Phi) is 2.23. The molecule has 0 saturated heterocycles. The van der Waals surface area contributed by atoms with Crippen molar-refractivity contribution >= 4 is 0 Å². The minimum atomic E-state index is 0.271. The molecule has 0 spiro atoms. The molecule has 0 radical (unpaired) electrons. The summed E-state index contributed by atoms with van der Waals surface area (Å²) in [5.74, 6) is 0. The fraction of sp³-hybridized carbons (Fsp3) is 1.00. The molecular formula is C13H24O. The SMILES string of the molecule is COC12CCC(C(C)(C)C)(CC1)CC2. The molecule has 82 valence electrons. The van der Waals surface area contributed by atoms with E-state index in [-0.39, 0.29) is 5.60 Å². The highest BCUT2D eigenvalue weighted by Crippen LogP contribution is 2.60. The predicted octanol–water partition coefficient (Wildman–Crippen LogP) is 3.77. The van der Waals surface area contributed by atoms with E-state index >= 15 is 0 Å². The van der Waals surface area contributed by atoms with Gasteiger partial charge in [-0.1, -0.05) is 20.8 Å². The Labute approximate surface area is 88.2 Å². The van der Waals surface area contributed by atoms with Crippen LogP contribution in [0.2, 0.25) is 0 Å². The summed E-state index contributed by atoms with van der Waals surface area (Å²) in [4.78, 5) is 0. The maximum Gasteiger partial charge on any atom is 0.0679 e. The Morgan fingerprint density at radius 1 is 0.857 bits per heavy atom. The number of fused-ring (bicyclic) bond motifs is 3. The summed E-state index contributed by atoms with van der Waals surface area (Å²) in [7, 11) is 1.90. The third kappa shape index (κ3) is 1.32. The van der Waals surface area contributed by atoms with Gasteiger partial charge < -0.3 is 4.74 Å². The van der Waals surface area contributed by atoms with Crippen LogP contribution >= 0.6 is 0 Å². The van der Waals surface area contributed by atoms with E-state index in [0.29, 0.717) is 10.8 Å². The van der Waals surface area contributed by atoms with Crippen molar-refractivity contribution in [3.63, 3.8) is 0 Å². The second-order valence-corrected chi connectivity index (χ2v) is 6.42. The Bertz CT molecular complexity index is 199. The minimum absolute atomic E-state index is 0.271. The van der Waals surface area contributed by atoms with E-state index in [2.05, 4.69) is 20.8 Å². The maximum absolute atomic E-state index is 5.72. The normalized spacial score (nSPS) is 42.9. The smallest absolute Gasteiger partial charge is 0.0679 e. The zero-order valence-corrected chi connectivity index (χ0v) is 10.2. The second kappa shape index (κ2) is 2.98. The summed E-state index contributed by atoms with van der Waals surface area (Å²) >= 11 is 0. The molecule has 14 heavy (non-hydrogen) atoms. The number of hydrogen-bond donors (Lipinski definition) is 0. The summed E-state index contributed by atoms with van der Waals surface area (Å²) in [6.45, 7) is 7.24. The first-order chi connectivity index (χ1) is 6.43. The molecule has 1 nitrogen and oxygen atoms in total. The van der Waals surface area contributed by atoms with E-state index in [1.807, 2.05) is 7.11 Å². The van der Waals surface area contributed by atoms with Crippen LogP contribution in [0, 0.1) is 10.8 Å². The summed E-state index contributed by atoms with van der Waals surface area (Å²) in [6.07, 6.45) is 8.02. The lowest BCUT2D eigenvalue weighted by molar-refractivity contribution is -0.146. The van der Waals surface area contributed by atoms with Crippen molar-refractivity contribution in [2.24, 2.45) is 10.8 Å². The Morgan fingerprint density at radius 3 is 1.57 bits per heavy atom. The standard InChI is InChI=1S/C13H24O/c1-11(2,3)12-5-8-13(14-4,9-6-12)10-7-12/h5-10H2,1-4H3. The number of ether oxygens (including phenoxy) is 1. The van der Waals surface area contributed by atoms with Gasteiger partial charge in [0.15, 0.2) is 0 Å². The van der Waals surface area contributed by atoms with Crippen LogP contribution in [0.25, 0.3) is 0 Å². The average molecular weight is 196 g/mol. The number of hydrogen-bond acceptors (Lipinski definition) is 1. The fourth-order valence-electron chi connectivity index (χ4n) is 3.58. The van der Waals surface area contributed by atoms with Crippen LogP contribution in [0.3, 0.4) is 0 Å². The lowest BCUT2D eigenvalue weighted by Crippen LogP contribution is -2.52. The van der Waals surface area contributed by atoms with E-state index in [1.54, 1.807) is 0 Å². The van der Waals surface area contributed by atoms with Gasteiger partial charge in [0.1, 0.15) is 0 Å². The van der Waals surface area contributed by atoms with Crippen molar-refractivity contribution in [1.82, 2.24) is 0 Å². The van der Waals surface area contributed by atoms with Gasteiger partial charge in [-0.3, -0.25) is 0 Å². The van der Waals surface area contributed by atoms with E-state index < -0.39 is 0 Å². The average Bonchev–Trinajstić information content (AvgIpc) is 2.19. The monoisotopic (exact) mass is 196 g/mol. The Balaban J connectivity index is 2.17. The molecule has 0 unspecified atom stereocenters. The van der Waals surface area contributed by atoms with E-state index in [4.69, 9.17) is 4.74 Å². The molecule has 3 fully saturated rings. The van der Waals surface area contributed by atoms with Crippen LogP contribution in [0.4, 0.5) is 0 Å². The van der Waals surface area contributed by atoms with Crippen LogP contribution in [0.15, 0.2) is 0 Å². The fourth-order valence-corrected chi connectivity index (χ4v) is 3.58. The van der Waals surface area contributed by atoms with Gasteiger partial charge in [-0.15, -0.1) is 0 Å². The summed E-state index contributed by atoms with van der Waals surface area (Å²) < 4.78 is 5.72. The van der Waals surface area contributed by atoms with Crippen LogP contribution in [-0.2, 0) is 4.74 Å². The van der Waals surface area contributed by atoms with Gasteiger partial charge in [0.2, 0.25) is 0 Å². The van der Waals surface area contributed by atoms with Crippen molar-refractivity contribution in [3.05, 3.63) is 0 Å². The van der Waals surface area contributed by atoms with Crippen molar-refractivity contribution < 1.29 is 4.74 Å². The highest BCUT2D eigenvalue weighted by Gasteiger charge is 2.53. The molecule has 0 heterocycles. The molecule has 0 N–H and O–H groups in total. The molecule has 2 bridgehead atoms. The van der Waals surface area contributed by atoms with Gasteiger partial charge in [-0.2, -0.15) is 0 Å². The first-order valence-electron chi connectivity index (χ1n) is 5.98. The van der Waals surface area contributed by atoms with Crippen LogP contribution < -0.4 is 0 Å². The lowest BCUT2D eigenvalue weighted by atomic mass is 9.50. The summed E-state index contributed by atoms with van der Waals surface area (Å²) in [5.41, 5.74) is 1.37. The first-order valence-corrected chi connectivity index (χ1v) is 5.98. The summed E-state index contributed by atoms with van der Waals surface area (Å²) in [6, 6.07) is 0. The van der Waals surface area contributed by atoms with Crippen molar-refractivity contribution in [2.75, 3.05) is 7.11 Å². The van der Waals surface area contributed by atoms with Gasteiger partial charge in [0, 0.05) is 7.11 Å². The molecular weight excluding hydrogens is 172 g/mol. The van der Waals surface area contributed by atoms with E-state index in [1.165, 1.54) is 38.5 Å². The minimum Gasteiger partial charge on any atom is -0.378 e. The largest absolute Gasteiger partial charge is 0.378 e. The first kappa shape index (κ1) is 10.5. The van der Waals surface area contributed by atoms with Crippen molar-refractivity contribution in [2.45, 2.75) is 64.9 Å². The zero-order valence-electron chi connectivity index (χ0n) is 10.2. The van der Waals surface area contributed by atoms with Gasteiger partial charge in [-0.25, -0.2) is 0 Å². The molecule has 0 aromatic carbocycles. The molecule has 3 aliphatic carbocycles. The maximum atomic E-state index is 5.72. The van der Waals surface area contributed by atoms with Gasteiger partial charge in [0.25, 0.3) is 0 Å². The highest BCUT2D eigenvalue weighted by atomic mass is 16.5. The quantitative estimate of drug-likeness (QED) is 0.620. The van der Waals surface area contributed by atoms with Gasteiger partial charge in [-0.05, 0) is 49.4 Å². The highest BCUT2D eigenvalue weighted by molar-refractivity contribution is 5.04. The number of methoxy groups -OCH3 is 1.